The van der Waals surface area contributed by atoms with Crippen molar-refractivity contribution >= 4 is 17.9 Å². The topological polar surface area (TPSA) is 87.8 Å². The first-order valence-electron chi connectivity index (χ1n) is 6.83. The molecule has 1 aliphatic heterocycles. The van der Waals surface area contributed by atoms with Crippen molar-refractivity contribution in [2.75, 3.05) is 14.1 Å². The number of hydrogen-bond donors (Lipinski definition) is 1. The fourth-order valence-corrected chi connectivity index (χ4v) is 2.09. The molecule has 8 heteroatoms. The van der Waals surface area contributed by atoms with Gasteiger partial charge in [0.2, 0.25) is 5.88 Å². The lowest BCUT2D eigenvalue weighted by Gasteiger charge is -2.16. The molecule has 8 nitrogen and oxygen atoms in total. The summed E-state index contributed by atoms with van der Waals surface area (Å²) in [6, 6.07) is 0. The lowest BCUT2D eigenvalue weighted by atomic mass is 10.2. The van der Waals surface area contributed by atoms with Crippen molar-refractivity contribution < 1.29 is 14.7 Å². The molecule has 2 rings (SSSR count). The lowest BCUT2D eigenvalue weighted by molar-refractivity contribution is -0.141. The highest BCUT2D eigenvalue weighted by Crippen LogP contribution is 2.16. The number of rotatable bonds is 3. The minimum atomic E-state index is -0.374. The number of likely N-dealkylation sites (N-methyl/N-ethyl adjacent to an activating group) is 2. The van der Waals surface area contributed by atoms with Crippen molar-refractivity contribution in [3.05, 3.63) is 45.8 Å². The number of aromatic nitrogens is 2. The van der Waals surface area contributed by atoms with E-state index in [2.05, 4.69) is 0 Å². The monoisotopic (exact) mass is 318 g/mol. The van der Waals surface area contributed by atoms with Crippen molar-refractivity contribution in [2.24, 2.45) is 14.1 Å². The van der Waals surface area contributed by atoms with Gasteiger partial charge in [0, 0.05) is 28.2 Å². The standard InChI is InChI=1S/C15H18N4O4/c1-16-12(20)10(13(21)17(16)2)8-6-5-7-9-11-14(22)18(3)19(4)15(11)23/h5-9,20H,1-4H3/b7-5+,8-6+. The van der Waals surface area contributed by atoms with Crippen molar-refractivity contribution in [1.82, 2.24) is 19.4 Å². The maximum atomic E-state index is 11.8. The Kier molecular flexibility index (Phi) is 4.26. The Hall–Kier alpha value is -3.03. The number of hydrogen-bond acceptors (Lipinski definition) is 4. The molecule has 0 bridgehead atoms. The molecule has 1 aliphatic rings. The third-order valence-electron chi connectivity index (χ3n) is 3.77. The van der Waals surface area contributed by atoms with Crippen LogP contribution in [0, 0.1) is 0 Å². The number of aromatic hydroxyl groups is 1. The van der Waals surface area contributed by atoms with Gasteiger partial charge in [0.25, 0.3) is 17.4 Å². The largest absolute Gasteiger partial charge is 0.493 e. The average molecular weight is 318 g/mol. The molecular weight excluding hydrogens is 300 g/mol. The second kappa shape index (κ2) is 5.99. The molecular formula is C15H18N4O4. The Labute approximate surface area is 132 Å². The van der Waals surface area contributed by atoms with E-state index >= 15 is 0 Å². The van der Waals surface area contributed by atoms with Gasteiger partial charge in [0.05, 0.1) is 0 Å². The van der Waals surface area contributed by atoms with Gasteiger partial charge in [-0.1, -0.05) is 18.2 Å². The van der Waals surface area contributed by atoms with Crippen LogP contribution in [-0.4, -0.2) is 50.4 Å². The Bertz CT molecular complexity index is 788. The normalized spacial score (nSPS) is 15.7. The summed E-state index contributed by atoms with van der Waals surface area (Å²) in [6.07, 6.45) is 7.52. The lowest BCUT2D eigenvalue weighted by Crippen LogP contribution is -2.33. The molecule has 1 aromatic rings. The summed E-state index contributed by atoms with van der Waals surface area (Å²) in [7, 11) is 6.14. The molecule has 0 saturated carbocycles. The number of hydrazine groups is 1. The molecule has 0 spiro atoms. The predicted molar refractivity (Wildman–Crippen MR) is 84.1 cm³/mol. The molecule has 2 heterocycles. The van der Waals surface area contributed by atoms with Gasteiger partial charge < -0.3 is 5.11 Å². The zero-order valence-corrected chi connectivity index (χ0v) is 13.3. The van der Waals surface area contributed by atoms with E-state index < -0.39 is 0 Å². The van der Waals surface area contributed by atoms with Crippen LogP contribution in [0.15, 0.2) is 34.7 Å². The van der Waals surface area contributed by atoms with Crippen LogP contribution in [0.1, 0.15) is 5.56 Å². The van der Waals surface area contributed by atoms with Gasteiger partial charge in [-0.25, -0.2) is 0 Å². The van der Waals surface area contributed by atoms with Crippen molar-refractivity contribution in [3.63, 3.8) is 0 Å². The van der Waals surface area contributed by atoms with Crippen molar-refractivity contribution in [1.29, 1.82) is 0 Å². The van der Waals surface area contributed by atoms with Crippen LogP contribution in [0.25, 0.3) is 6.08 Å². The summed E-state index contributed by atoms with van der Waals surface area (Å²) in [5.41, 5.74) is -0.0877. The van der Waals surface area contributed by atoms with Crippen LogP contribution in [0.5, 0.6) is 5.88 Å². The Morgan fingerprint density at radius 3 is 1.87 bits per heavy atom. The first-order chi connectivity index (χ1) is 10.8. The molecule has 23 heavy (non-hydrogen) atoms. The van der Waals surface area contributed by atoms with Crippen LogP contribution >= 0.6 is 0 Å². The maximum Gasteiger partial charge on any atom is 0.277 e. The molecule has 1 aromatic heterocycles. The second-order valence-electron chi connectivity index (χ2n) is 5.07. The highest BCUT2D eigenvalue weighted by Gasteiger charge is 2.35. The van der Waals surface area contributed by atoms with E-state index in [4.69, 9.17) is 0 Å². The minimum Gasteiger partial charge on any atom is -0.493 e. The van der Waals surface area contributed by atoms with Crippen molar-refractivity contribution in [3.8, 4) is 5.88 Å². The zero-order valence-electron chi connectivity index (χ0n) is 13.3. The third-order valence-corrected chi connectivity index (χ3v) is 3.77. The summed E-state index contributed by atoms with van der Waals surface area (Å²) in [5.74, 6) is -0.883. The molecule has 1 saturated heterocycles. The van der Waals surface area contributed by atoms with E-state index in [1.165, 1.54) is 51.7 Å². The van der Waals surface area contributed by atoms with Crippen LogP contribution in [0.3, 0.4) is 0 Å². The van der Waals surface area contributed by atoms with Crippen LogP contribution < -0.4 is 5.56 Å². The molecule has 0 aliphatic carbocycles. The molecule has 122 valence electrons. The number of carbonyl (C=O) groups is 2. The fraction of sp³-hybridized carbons (Fsp3) is 0.267. The van der Waals surface area contributed by atoms with E-state index in [1.54, 1.807) is 26.2 Å². The summed E-state index contributed by atoms with van der Waals surface area (Å²) < 4.78 is 2.61. The summed E-state index contributed by atoms with van der Waals surface area (Å²) in [5, 5.41) is 12.3. The van der Waals surface area contributed by atoms with Gasteiger partial charge >= 0.3 is 0 Å². The SMILES string of the molecule is CN1C(=O)C(=C/C=C/C=C/c2c(O)n(C)n(C)c2=O)C(=O)N1C. The van der Waals surface area contributed by atoms with Gasteiger partial charge in [-0.05, 0) is 12.2 Å². The highest BCUT2D eigenvalue weighted by molar-refractivity contribution is 6.22. The molecule has 1 N–H and O–H groups in total. The number of nitrogens with zero attached hydrogens (tertiary/aromatic N) is 4. The van der Waals surface area contributed by atoms with Gasteiger partial charge in [0.1, 0.15) is 11.1 Å². The minimum absolute atomic E-state index is 0.0677. The van der Waals surface area contributed by atoms with Crippen LogP contribution in [0.4, 0.5) is 0 Å². The summed E-state index contributed by atoms with van der Waals surface area (Å²) >= 11 is 0. The molecule has 1 fully saturated rings. The summed E-state index contributed by atoms with van der Waals surface area (Å²) in [6.45, 7) is 0. The van der Waals surface area contributed by atoms with E-state index in [9.17, 15) is 19.5 Å². The van der Waals surface area contributed by atoms with Gasteiger partial charge in [-0.15, -0.1) is 0 Å². The number of allylic oxidation sites excluding steroid dienone is 4. The quantitative estimate of drug-likeness (QED) is 0.474. The molecule has 2 amide bonds. The van der Waals surface area contributed by atoms with Gasteiger partial charge in [-0.3, -0.25) is 33.8 Å². The third kappa shape index (κ3) is 2.70. The smallest absolute Gasteiger partial charge is 0.277 e. The molecule has 0 radical (unpaired) electrons. The molecule has 0 unspecified atom stereocenters. The van der Waals surface area contributed by atoms with E-state index in [0.29, 0.717) is 0 Å². The molecule has 0 atom stereocenters. The highest BCUT2D eigenvalue weighted by atomic mass is 16.3. The fourth-order valence-electron chi connectivity index (χ4n) is 2.09. The van der Waals surface area contributed by atoms with Crippen molar-refractivity contribution in [2.45, 2.75) is 0 Å². The predicted octanol–water partition coefficient (Wildman–Crippen LogP) is -0.229. The van der Waals surface area contributed by atoms with Gasteiger partial charge in [-0.2, -0.15) is 0 Å². The number of carbonyl (C=O) groups excluding carboxylic acids is 2. The molecule has 0 aromatic carbocycles. The van der Waals surface area contributed by atoms with Crippen LogP contribution in [0.2, 0.25) is 0 Å². The van der Waals surface area contributed by atoms with E-state index in [0.717, 1.165) is 0 Å². The Morgan fingerprint density at radius 1 is 0.826 bits per heavy atom. The van der Waals surface area contributed by atoms with E-state index in [-0.39, 0.29) is 34.4 Å². The average Bonchev–Trinajstić information content (AvgIpc) is 2.83. The first-order valence-corrected chi connectivity index (χ1v) is 6.83. The number of amides is 2. The maximum absolute atomic E-state index is 11.8. The zero-order chi connectivity index (χ0) is 17.3. The van der Waals surface area contributed by atoms with Gasteiger partial charge in [0.15, 0.2) is 0 Å². The van der Waals surface area contributed by atoms with Crippen LogP contribution in [-0.2, 0) is 23.7 Å². The second-order valence-corrected chi connectivity index (χ2v) is 5.07. The van der Waals surface area contributed by atoms with E-state index in [1.807, 2.05) is 0 Å². The Balaban J connectivity index is 2.16. The Morgan fingerprint density at radius 2 is 1.39 bits per heavy atom. The summed E-state index contributed by atoms with van der Waals surface area (Å²) in [4.78, 5) is 35.4. The first kappa shape index (κ1) is 16.3.